The van der Waals surface area contributed by atoms with Crippen molar-refractivity contribution in [2.45, 2.75) is 6.92 Å². The summed E-state index contributed by atoms with van der Waals surface area (Å²) < 4.78 is 6.26. The van der Waals surface area contributed by atoms with Crippen molar-refractivity contribution in [2.75, 3.05) is 6.61 Å². The fraction of sp³-hybridized carbons (Fsp3) is 0.125. The van der Waals surface area contributed by atoms with Gasteiger partial charge in [-0.25, -0.2) is 4.79 Å². The van der Waals surface area contributed by atoms with Crippen LogP contribution in [0.1, 0.15) is 11.1 Å². The van der Waals surface area contributed by atoms with E-state index < -0.39 is 10.9 Å². The number of nitrogens with two attached hydrogens (primary N) is 1. The third-order valence-electron chi connectivity index (χ3n) is 3.10. The summed E-state index contributed by atoms with van der Waals surface area (Å²) in [6.45, 7) is 1.51. The number of non-ortho nitro benzene ring substituents is 1. The normalized spacial score (nSPS) is 11.0. The molecule has 2 rings (SSSR count). The van der Waals surface area contributed by atoms with E-state index in [4.69, 9.17) is 10.5 Å². The highest BCUT2D eigenvalue weighted by Gasteiger charge is 2.09. The summed E-state index contributed by atoms with van der Waals surface area (Å²) in [6, 6.07) is 10.7. The Hall–Kier alpha value is -2.94. The SMILES string of the molecule is Cc1cc(Br)ccc1OCC(=O)O/N=C(/N)c1ccc([N+](=O)[O-])cc1. The number of rotatable bonds is 6. The molecule has 0 heterocycles. The molecular formula is C16H14BrN3O5. The number of ether oxygens (including phenoxy) is 1. The number of halogens is 1. The Bertz CT molecular complexity index is 821. The van der Waals surface area contributed by atoms with Gasteiger partial charge in [0.1, 0.15) is 5.75 Å². The Morgan fingerprint density at radius 2 is 1.96 bits per heavy atom. The molecule has 9 heteroatoms. The molecule has 0 spiro atoms. The summed E-state index contributed by atoms with van der Waals surface area (Å²) in [4.78, 5) is 26.4. The number of oxime groups is 1. The maximum atomic E-state index is 11.7. The lowest BCUT2D eigenvalue weighted by Crippen LogP contribution is -2.18. The van der Waals surface area contributed by atoms with Gasteiger partial charge in [0.25, 0.3) is 5.69 Å². The zero-order chi connectivity index (χ0) is 18.4. The number of carbonyl (C=O) groups is 1. The molecule has 2 aromatic carbocycles. The first-order valence-corrected chi connectivity index (χ1v) is 7.83. The van der Waals surface area contributed by atoms with Crippen LogP contribution in [-0.2, 0) is 9.63 Å². The van der Waals surface area contributed by atoms with Crippen LogP contribution in [0.2, 0.25) is 0 Å². The molecule has 0 unspecified atom stereocenters. The number of nitro groups is 1. The number of hydrogen-bond acceptors (Lipinski definition) is 6. The lowest BCUT2D eigenvalue weighted by atomic mass is 10.2. The van der Waals surface area contributed by atoms with Crippen molar-refractivity contribution in [1.82, 2.24) is 0 Å². The predicted molar refractivity (Wildman–Crippen MR) is 94.3 cm³/mol. The van der Waals surface area contributed by atoms with Crippen LogP contribution in [-0.4, -0.2) is 23.3 Å². The summed E-state index contributed by atoms with van der Waals surface area (Å²) in [7, 11) is 0. The minimum atomic E-state index is -0.729. The molecule has 130 valence electrons. The average Bonchev–Trinajstić information content (AvgIpc) is 2.59. The van der Waals surface area contributed by atoms with E-state index in [2.05, 4.69) is 25.9 Å². The Morgan fingerprint density at radius 1 is 1.28 bits per heavy atom. The highest BCUT2D eigenvalue weighted by molar-refractivity contribution is 9.10. The zero-order valence-electron chi connectivity index (χ0n) is 13.1. The van der Waals surface area contributed by atoms with Crippen molar-refractivity contribution >= 4 is 33.4 Å². The van der Waals surface area contributed by atoms with Crippen LogP contribution in [0.25, 0.3) is 0 Å². The summed E-state index contributed by atoms with van der Waals surface area (Å²) >= 11 is 3.34. The largest absolute Gasteiger partial charge is 0.482 e. The molecule has 0 bridgehead atoms. The quantitative estimate of drug-likeness (QED) is 0.258. The molecule has 0 aromatic heterocycles. The van der Waals surface area contributed by atoms with E-state index in [0.717, 1.165) is 10.0 Å². The molecule has 0 atom stereocenters. The van der Waals surface area contributed by atoms with Gasteiger partial charge in [-0.2, -0.15) is 0 Å². The number of benzene rings is 2. The molecule has 0 aliphatic rings. The van der Waals surface area contributed by atoms with Crippen molar-refractivity contribution in [3.05, 3.63) is 68.2 Å². The van der Waals surface area contributed by atoms with E-state index in [1.807, 2.05) is 13.0 Å². The first-order valence-electron chi connectivity index (χ1n) is 7.04. The first kappa shape index (κ1) is 18.4. The van der Waals surface area contributed by atoms with Crippen LogP contribution in [0.5, 0.6) is 5.75 Å². The van der Waals surface area contributed by atoms with E-state index >= 15 is 0 Å². The zero-order valence-corrected chi connectivity index (χ0v) is 14.7. The Labute approximate surface area is 151 Å². The van der Waals surface area contributed by atoms with Gasteiger partial charge in [0.15, 0.2) is 12.4 Å². The van der Waals surface area contributed by atoms with E-state index in [9.17, 15) is 14.9 Å². The number of amidine groups is 1. The third-order valence-corrected chi connectivity index (χ3v) is 3.60. The topological polar surface area (TPSA) is 117 Å². The van der Waals surface area contributed by atoms with Gasteiger partial charge >= 0.3 is 5.97 Å². The van der Waals surface area contributed by atoms with E-state index in [-0.39, 0.29) is 18.1 Å². The summed E-state index contributed by atoms with van der Waals surface area (Å²) in [5.41, 5.74) is 6.85. The second-order valence-electron chi connectivity index (χ2n) is 4.94. The minimum absolute atomic E-state index is 0.0770. The summed E-state index contributed by atoms with van der Waals surface area (Å²) in [5.74, 6) is -0.261. The molecule has 0 amide bonds. The highest BCUT2D eigenvalue weighted by atomic mass is 79.9. The van der Waals surface area contributed by atoms with Crippen molar-refractivity contribution < 1.29 is 19.3 Å². The molecule has 0 aliphatic heterocycles. The van der Waals surface area contributed by atoms with Gasteiger partial charge in [-0.1, -0.05) is 21.1 Å². The Kier molecular flexibility index (Phi) is 6.07. The van der Waals surface area contributed by atoms with Crippen LogP contribution in [0.4, 0.5) is 5.69 Å². The van der Waals surface area contributed by atoms with Gasteiger partial charge in [-0.15, -0.1) is 0 Å². The fourth-order valence-corrected chi connectivity index (χ4v) is 2.32. The van der Waals surface area contributed by atoms with Crippen LogP contribution in [0.3, 0.4) is 0 Å². The molecule has 25 heavy (non-hydrogen) atoms. The smallest absolute Gasteiger partial charge is 0.372 e. The lowest BCUT2D eigenvalue weighted by Gasteiger charge is -2.07. The van der Waals surface area contributed by atoms with Crippen molar-refractivity contribution in [2.24, 2.45) is 10.9 Å². The first-order chi connectivity index (χ1) is 11.9. The maximum absolute atomic E-state index is 11.7. The van der Waals surface area contributed by atoms with Gasteiger partial charge in [0, 0.05) is 22.2 Å². The van der Waals surface area contributed by atoms with Gasteiger partial charge in [-0.3, -0.25) is 10.1 Å². The van der Waals surface area contributed by atoms with Crippen molar-refractivity contribution in [3.8, 4) is 5.75 Å². The minimum Gasteiger partial charge on any atom is -0.482 e. The number of hydrogen-bond donors (Lipinski definition) is 1. The molecule has 0 fully saturated rings. The molecule has 0 saturated carbocycles. The van der Waals surface area contributed by atoms with Crippen molar-refractivity contribution in [1.29, 1.82) is 0 Å². The van der Waals surface area contributed by atoms with Crippen molar-refractivity contribution in [3.63, 3.8) is 0 Å². The number of carbonyl (C=O) groups excluding carboxylic acids is 1. The van der Waals surface area contributed by atoms with E-state index in [0.29, 0.717) is 11.3 Å². The maximum Gasteiger partial charge on any atom is 0.372 e. The number of aryl methyl sites for hydroxylation is 1. The number of nitro benzene ring substituents is 1. The molecular weight excluding hydrogens is 394 g/mol. The molecule has 0 radical (unpaired) electrons. The molecule has 8 nitrogen and oxygen atoms in total. The molecule has 2 aromatic rings. The third kappa shape index (κ3) is 5.28. The average molecular weight is 408 g/mol. The van der Waals surface area contributed by atoms with Crippen LogP contribution in [0.15, 0.2) is 52.1 Å². The molecule has 2 N–H and O–H groups in total. The number of nitrogens with zero attached hydrogens (tertiary/aromatic N) is 2. The second kappa shape index (κ2) is 8.25. The predicted octanol–water partition coefficient (Wildman–Crippen LogP) is 2.91. The monoisotopic (exact) mass is 407 g/mol. The standard InChI is InChI=1S/C16H14BrN3O5/c1-10-8-12(17)4-7-14(10)24-9-15(21)25-19-16(18)11-2-5-13(6-3-11)20(22)23/h2-8H,9H2,1H3,(H2,18,19). The Balaban J connectivity index is 1.91. The highest BCUT2D eigenvalue weighted by Crippen LogP contribution is 2.22. The van der Waals surface area contributed by atoms with Gasteiger partial charge in [0.2, 0.25) is 0 Å². The molecule has 0 saturated heterocycles. The summed E-state index contributed by atoms with van der Waals surface area (Å²) in [6.07, 6.45) is 0. The van der Waals surface area contributed by atoms with E-state index in [1.165, 1.54) is 24.3 Å². The van der Waals surface area contributed by atoms with Gasteiger partial charge < -0.3 is 15.3 Å². The second-order valence-corrected chi connectivity index (χ2v) is 5.86. The summed E-state index contributed by atoms with van der Waals surface area (Å²) in [5, 5.41) is 14.1. The lowest BCUT2D eigenvalue weighted by molar-refractivity contribution is -0.384. The van der Waals surface area contributed by atoms with Gasteiger partial charge in [0.05, 0.1) is 4.92 Å². The Morgan fingerprint density at radius 3 is 2.56 bits per heavy atom. The fourth-order valence-electron chi connectivity index (χ4n) is 1.84. The van der Waals surface area contributed by atoms with Crippen LogP contribution in [0, 0.1) is 17.0 Å². The van der Waals surface area contributed by atoms with Gasteiger partial charge in [-0.05, 0) is 42.8 Å². The van der Waals surface area contributed by atoms with Crippen LogP contribution < -0.4 is 10.5 Å². The van der Waals surface area contributed by atoms with E-state index in [1.54, 1.807) is 12.1 Å². The van der Waals surface area contributed by atoms with Crippen LogP contribution >= 0.6 is 15.9 Å². The molecule has 0 aliphatic carbocycles.